The normalized spacial score (nSPS) is 19.3. The standard InChI is InChI=1S/C16H24O2/c1-12-9-10-16(15(11-12)13(2)17)18-14-7-5-3-4-6-8-14/h9-11,13-14,17H,3-8H2,1-2H3/t13-/m1/s1. The van der Waals surface area contributed by atoms with Crippen LogP contribution in [0.15, 0.2) is 18.2 Å². The molecule has 0 bridgehead atoms. The lowest BCUT2D eigenvalue weighted by Gasteiger charge is -2.20. The van der Waals surface area contributed by atoms with Crippen LogP contribution < -0.4 is 4.74 Å². The summed E-state index contributed by atoms with van der Waals surface area (Å²) in [5, 5.41) is 9.83. The molecule has 0 saturated heterocycles. The Kier molecular flexibility index (Phi) is 4.65. The maximum Gasteiger partial charge on any atom is 0.125 e. The quantitative estimate of drug-likeness (QED) is 0.814. The highest BCUT2D eigenvalue weighted by atomic mass is 16.5. The largest absolute Gasteiger partial charge is 0.490 e. The fourth-order valence-electron chi connectivity index (χ4n) is 2.64. The molecule has 0 radical (unpaired) electrons. The van der Waals surface area contributed by atoms with Gasteiger partial charge in [0.25, 0.3) is 0 Å². The Balaban J connectivity index is 2.12. The summed E-state index contributed by atoms with van der Waals surface area (Å²) >= 11 is 0. The fraction of sp³-hybridized carbons (Fsp3) is 0.625. The molecule has 0 unspecified atom stereocenters. The number of hydrogen-bond donors (Lipinski definition) is 1. The van der Waals surface area contributed by atoms with Crippen molar-refractivity contribution in [2.75, 3.05) is 0 Å². The van der Waals surface area contributed by atoms with Crippen molar-refractivity contribution in [3.8, 4) is 5.75 Å². The van der Waals surface area contributed by atoms with Gasteiger partial charge in [0.1, 0.15) is 5.75 Å². The monoisotopic (exact) mass is 248 g/mol. The van der Waals surface area contributed by atoms with Crippen LogP contribution in [0.2, 0.25) is 0 Å². The molecule has 1 aromatic carbocycles. The number of aliphatic hydroxyl groups excluding tert-OH is 1. The molecule has 0 amide bonds. The van der Waals surface area contributed by atoms with Crippen molar-refractivity contribution >= 4 is 0 Å². The second-order valence-electron chi connectivity index (χ2n) is 5.45. The maximum absolute atomic E-state index is 9.83. The van der Waals surface area contributed by atoms with E-state index >= 15 is 0 Å². The Morgan fingerprint density at radius 2 is 1.83 bits per heavy atom. The van der Waals surface area contributed by atoms with E-state index in [0.29, 0.717) is 6.10 Å². The van der Waals surface area contributed by atoms with E-state index in [1.54, 1.807) is 6.92 Å². The lowest BCUT2D eigenvalue weighted by Crippen LogP contribution is -2.16. The Labute approximate surface area is 110 Å². The molecule has 0 spiro atoms. The minimum Gasteiger partial charge on any atom is -0.490 e. The van der Waals surface area contributed by atoms with Gasteiger partial charge in [0, 0.05) is 5.56 Å². The number of hydrogen-bond acceptors (Lipinski definition) is 2. The Bertz CT molecular complexity index is 377. The van der Waals surface area contributed by atoms with Gasteiger partial charge in [0.2, 0.25) is 0 Å². The smallest absolute Gasteiger partial charge is 0.125 e. The Hall–Kier alpha value is -1.02. The summed E-state index contributed by atoms with van der Waals surface area (Å²) < 4.78 is 6.12. The van der Waals surface area contributed by atoms with Crippen molar-refractivity contribution in [2.24, 2.45) is 0 Å². The van der Waals surface area contributed by atoms with Gasteiger partial charge in [-0.1, -0.05) is 24.5 Å². The number of aliphatic hydroxyl groups is 1. The molecule has 1 N–H and O–H groups in total. The van der Waals surface area contributed by atoms with Crippen LogP contribution in [0, 0.1) is 6.92 Å². The second-order valence-corrected chi connectivity index (χ2v) is 5.45. The van der Waals surface area contributed by atoms with Gasteiger partial charge >= 0.3 is 0 Å². The summed E-state index contributed by atoms with van der Waals surface area (Å²) in [6, 6.07) is 6.08. The van der Waals surface area contributed by atoms with Gasteiger partial charge in [-0.05, 0) is 51.7 Å². The fourth-order valence-corrected chi connectivity index (χ4v) is 2.64. The zero-order valence-corrected chi connectivity index (χ0v) is 11.5. The van der Waals surface area contributed by atoms with E-state index in [4.69, 9.17) is 4.74 Å². The van der Waals surface area contributed by atoms with Crippen molar-refractivity contribution in [3.05, 3.63) is 29.3 Å². The summed E-state index contributed by atoms with van der Waals surface area (Å²) in [5.74, 6) is 0.863. The van der Waals surface area contributed by atoms with Crippen molar-refractivity contribution in [1.29, 1.82) is 0 Å². The zero-order valence-electron chi connectivity index (χ0n) is 11.5. The van der Waals surface area contributed by atoms with Crippen LogP contribution in [0.3, 0.4) is 0 Å². The average molecular weight is 248 g/mol. The highest BCUT2D eigenvalue weighted by Crippen LogP contribution is 2.29. The van der Waals surface area contributed by atoms with E-state index in [-0.39, 0.29) is 0 Å². The summed E-state index contributed by atoms with van der Waals surface area (Å²) in [6.07, 6.45) is 7.34. The molecule has 1 aliphatic carbocycles. The van der Waals surface area contributed by atoms with Gasteiger partial charge in [-0.25, -0.2) is 0 Å². The third kappa shape index (κ3) is 3.49. The first-order chi connectivity index (χ1) is 8.66. The molecule has 0 aromatic heterocycles. The molecule has 1 saturated carbocycles. The van der Waals surface area contributed by atoms with Gasteiger partial charge in [0.15, 0.2) is 0 Å². The molecule has 0 heterocycles. The summed E-state index contributed by atoms with van der Waals surface area (Å²) in [5.41, 5.74) is 2.08. The third-order valence-corrected chi connectivity index (χ3v) is 3.71. The predicted octanol–water partition coefficient (Wildman–Crippen LogP) is 4.15. The highest BCUT2D eigenvalue weighted by molar-refractivity contribution is 5.38. The molecule has 100 valence electrons. The van der Waals surface area contributed by atoms with Crippen molar-refractivity contribution < 1.29 is 9.84 Å². The topological polar surface area (TPSA) is 29.5 Å². The van der Waals surface area contributed by atoms with Crippen LogP contribution >= 0.6 is 0 Å². The zero-order chi connectivity index (χ0) is 13.0. The first-order valence-electron chi connectivity index (χ1n) is 7.12. The number of rotatable bonds is 3. The number of aryl methyl sites for hydroxylation is 1. The van der Waals surface area contributed by atoms with Gasteiger partial charge in [-0.3, -0.25) is 0 Å². The SMILES string of the molecule is Cc1ccc(OC2CCCCCC2)c([C@@H](C)O)c1. The van der Waals surface area contributed by atoms with Crippen LogP contribution in [0.5, 0.6) is 5.75 Å². The molecule has 1 aromatic rings. The van der Waals surface area contributed by atoms with Crippen molar-refractivity contribution in [2.45, 2.75) is 64.6 Å². The Morgan fingerprint density at radius 3 is 2.44 bits per heavy atom. The summed E-state index contributed by atoms with van der Waals surface area (Å²) in [6.45, 7) is 3.84. The summed E-state index contributed by atoms with van der Waals surface area (Å²) in [7, 11) is 0. The molecular formula is C16H24O2. The average Bonchev–Trinajstić information content (AvgIpc) is 2.60. The molecule has 18 heavy (non-hydrogen) atoms. The molecule has 0 aliphatic heterocycles. The highest BCUT2D eigenvalue weighted by Gasteiger charge is 2.17. The predicted molar refractivity (Wildman–Crippen MR) is 73.9 cm³/mol. The van der Waals surface area contributed by atoms with Crippen LogP contribution in [0.1, 0.15) is 62.7 Å². The number of benzene rings is 1. The van der Waals surface area contributed by atoms with E-state index in [1.165, 1.54) is 31.2 Å². The maximum atomic E-state index is 9.83. The minimum atomic E-state index is -0.467. The van der Waals surface area contributed by atoms with Gasteiger partial charge in [0.05, 0.1) is 12.2 Å². The molecule has 2 heteroatoms. The van der Waals surface area contributed by atoms with Crippen LogP contribution in [0.4, 0.5) is 0 Å². The van der Waals surface area contributed by atoms with Crippen molar-refractivity contribution in [1.82, 2.24) is 0 Å². The third-order valence-electron chi connectivity index (χ3n) is 3.71. The molecule has 1 atom stereocenters. The van der Waals surface area contributed by atoms with Gasteiger partial charge in [-0.2, -0.15) is 0 Å². The van der Waals surface area contributed by atoms with E-state index in [9.17, 15) is 5.11 Å². The molecule has 1 fully saturated rings. The molecule has 2 rings (SSSR count). The minimum absolute atomic E-state index is 0.327. The Morgan fingerprint density at radius 1 is 1.17 bits per heavy atom. The first kappa shape index (κ1) is 13.4. The lowest BCUT2D eigenvalue weighted by molar-refractivity contribution is 0.161. The van der Waals surface area contributed by atoms with E-state index in [0.717, 1.165) is 24.2 Å². The first-order valence-corrected chi connectivity index (χ1v) is 7.12. The van der Waals surface area contributed by atoms with E-state index in [1.807, 2.05) is 19.1 Å². The van der Waals surface area contributed by atoms with E-state index < -0.39 is 6.10 Å². The van der Waals surface area contributed by atoms with Crippen LogP contribution in [0.25, 0.3) is 0 Å². The van der Waals surface area contributed by atoms with Gasteiger partial charge < -0.3 is 9.84 Å². The molecule has 1 aliphatic rings. The molecule has 2 nitrogen and oxygen atoms in total. The lowest BCUT2D eigenvalue weighted by atomic mass is 10.1. The second kappa shape index (κ2) is 6.24. The van der Waals surface area contributed by atoms with Crippen LogP contribution in [-0.4, -0.2) is 11.2 Å². The number of ether oxygens (including phenoxy) is 1. The van der Waals surface area contributed by atoms with E-state index in [2.05, 4.69) is 6.07 Å². The molecular weight excluding hydrogens is 224 g/mol. The van der Waals surface area contributed by atoms with Gasteiger partial charge in [-0.15, -0.1) is 0 Å². The van der Waals surface area contributed by atoms with Crippen molar-refractivity contribution in [3.63, 3.8) is 0 Å². The van der Waals surface area contributed by atoms with Crippen LogP contribution in [-0.2, 0) is 0 Å². The summed E-state index contributed by atoms with van der Waals surface area (Å²) in [4.78, 5) is 0.